The Balaban J connectivity index is 2.07. The number of nitrogens with zero attached hydrogens (tertiary/aromatic N) is 1. The minimum absolute atomic E-state index is 0.468. The molecule has 0 bridgehead atoms. The largest absolute Gasteiger partial charge is 0.477 e. The predicted octanol–water partition coefficient (Wildman–Crippen LogP) is 1.57. The average Bonchev–Trinajstić information content (AvgIpc) is 2.78. The van der Waals surface area contributed by atoms with Crippen LogP contribution in [0.15, 0.2) is 6.07 Å². The highest BCUT2D eigenvalue weighted by molar-refractivity contribution is 5.35. The van der Waals surface area contributed by atoms with Gasteiger partial charge in [-0.2, -0.15) is 0 Å². The van der Waals surface area contributed by atoms with Crippen LogP contribution in [0, 0.1) is 19.8 Å². The van der Waals surface area contributed by atoms with Gasteiger partial charge in [0.1, 0.15) is 0 Å². The van der Waals surface area contributed by atoms with Gasteiger partial charge in [-0.05, 0) is 31.9 Å². The Morgan fingerprint density at radius 2 is 2.35 bits per heavy atom. The Morgan fingerprint density at radius 1 is 1.53 bits per heavy atom. The van der Waals surface area contributed by atoms with Crippen molar-refractivity contribution in [1.29, 1.82) is 0 Å². The quantitative estimate of drug-likeness (QED) is 0.862. The zero-order chi connectivity index (χ0) is 12.3. The molecule has 1 fully saturated rings. The van der Waals surface area contributed by atoms with E-state index < -0.39 is 0 Å². The van der Waals surface area contributed by atoms with Crippen molar-refractivity contribution in [3.63, 3.8) is 0 Å². The first-order valence-corrected chi connectivity index (χ1v) is 6.08. The highest BCUT2D eigenvalue weighted by Crippen LogP contribution is 2.22. The number of nitrogens with two attached hydrogens (primary N) is 1. The molecule has 1 atom stereocenters. The van der Waals surface area contributed by atoms with Gasteiger partial charge >= 0.3 is 0 Å². The molecule has 0 aromatic carbocycles. The summed E-state index contributed by atoms with van der Waals surface area (Å²) in [6.45, 7) is 6.79. The molecule has 1 aliphatic rings. The topological polar surface area (TPSA) is 57.4 Å². The number of rotatable bonds is 4. The van der Waals surface area contributed by atoms with Crippen molar-refractivity contribution >= 4 is 0 Å². The molecular weight excluding hydrogens is 216 g/mol. The van der Waals surface area contributed by atoms with Gasteiger partial charge in [0, 0.05) is 30.3 Å². The number of ether oxygens (including phenoxy) is 2. The molecule has 1 aromatic rings. The average molecular weight is 236 g/mol. The van der Waals surface area contributed by atoms with Gasteiger partial charge in [-0.25, -0.2) is 4.98 Å². The fourth-order valence-electron chi connectivity index (χ4n) is 2.11. The van der Waals surface area contributed by atoms with Crippen LogP contribution in [0.1, 0.15) is 23.2 Å². The third-order valence-corrected chi connectivity index (χ3v) is 3.12. The number of pyridine rings is 1. The first-order chi connectivity index (χ1) is 8.20. The monoisotopic (exact) mass is 236 g/mol. The molecule has 4 nitrogen and oxygen atoms in total. The van der Waals surface area contributed by atoms with E-state index >= 15 is 0 Å². The van der Waals surface area contributed by atoms with E-state index in [1.807, 2.05) is 19.9 Å². The van der Waals surface area contributed by atoms with Crippen molar-refractivity contribution in [1.82, 2.24) is 4.98 Å². The number of hydrogen-bond acceptors (Lipinski definition) is 4. The summed E-state index contributed by atoms with van der Waals surface area (Å²) < 4.78 is 11.1. The van der Waals surface area contributed by atoms with E-state index in [2.05, 4.69) is 4.98 Å². The summed E-state index contributed by atoms with van der Waals surface area (Å²) >= 11 is 0. The van der Waals surface area contributed by atoms with Crippen LogP contribution in [0.25, 0.3) is 0 Å². The Kier molecular flexibility index (Phi) is 3.97. The van der Waals surface area contributed by atoms with Gasteiger partial charge in [0.2, 0.25) is 5.88 Å². The van der Waals surface area contributed by atoms with Crippen molar-refractivity contribution in [2.24, 2.45) is 11.7 Å². The van der Waals surface area contributed by atoms with E-state index in [0.717, 1.165) is 36.5 Å². The highest BCUT2D eigenvalue weighted by atomic mass is 16.5. The van der Waals surface area contributed by atoms with E-state index in [1.54, 1.807) is 0 Å². The molecule has 0 radical (unpaired) electrons. The molecule has 0 spiro atoms. The molecule has 0 aliphatic carbocycles. The molecule has 1 aromatic heterocycles. The minimum atomic E-state index is 0.468. The summed E-state index contributed by atoms with van der Waals surface area (Å²) in [5.41, 5.74) is 8.87. The molecule has 4 heteroatoms. The normalized spacial score (nSPS) is 19.6. The van der Waals surface area contributed by atoms with Gasteiger partial charge in [0.15, 0.2) is 0 Å². The second kappa shape index (κ2) is 5.47. The summed E-state index contributed by atoms with van der Waals surface area (Å²) in [5.74, 6) is 1.18. The molecule has 2 rings (SSSR count). The van der Waals surface area contributed by atoms with Gasteiger partial charge in [-0.1, -0.05) is 0 Å². The number of aromatic nitrogens is 1. The lowest BCUT2D eigenvalue weighted by Gasteiger charge is -2.14. The van der Waals surface area contributed by atoms with E-state index in [4.69, 9.17) is 15.2 Å². The number of hydrogen-bond donors (Lipinski definition) is 1. The molecule has 17 heavy (non-hydrogen) atoms. The zero-order valence-corrected chi connectivity index (χ0v) is 10.5. The lowest BCUT2D eigenvalue weighted by atomic mass is 10.1. The van der Waals surface area contributed by atoms with E-state index in [0.29, 0.717) is 24.9 Å². The molecule has 0 saturated carbocycles. The second-order valence-corrected chi connectivity index (χ2v) is 4.61. The Bertz CT molecular complexity index is 387. The molecular formula is C13H20N2O2. The van der Waals surface area contributed by atoms with Crippen molar-refractivity contribution in [2.75, 3.05) is 19.8 Å². The molecule has 94 valence electrons. The van der Waals surface area contributed by atoms with Gasteiger partial charge in [0.25, 0.3) is 0 Å². The summed E-state index contributed by atoms with van der Waals surface area (Å²) in [5, 5.41) is 0. The van der Waals surface area contributed by atoms with Crippen LogP contribution < -0.4 is 10.5 Å². The third-order valence-electron chi connectivity index (χ3n) is 3.12. The van der Waals surface area contributed by atoms with Gasteiger partial charge in [0.05, 0.1) is 13.2 Å². The zero-order valence-electron chi connectivity index (χ0n) is 10.5. The van der Waals surface area contributed by atoms with Gasteiger partial charge in [-0.3, -0.25) is 0 Å². The third kappa shape index (κ3) is 2.96. The van der Waals surface area contributed by atoms with E-state index in [9.17, 15) is 0 Å². The van der Waals surface area contributed by atoms with Gasteiger partial charge in [-0.15, -0.1) is 0 Å². The number of aryl methyl sites for hydroxylation is 2. The molecule has 2 heterocycles. The fraction of sp³-hybridized carbons (Fsp3) is 0.615. The van der Waals surface area contributed by atoms with Crippen LogP contribution in [0.5, 0.6) is 5.88 Å². The lowest BCUT2D eigenvalue weighted by molar-refractivity contribution is 0.165. The smallest absolute Gasteiger partial charge is 0.218 e. The molecule has 1 unspecified atom stereocenters. The summed E-state index contributed by atoms with van der Waals surface area (Å²) in [6.07, 6.45) is 1.07. The van der Waals surface area contributed by atoms with Crippen LogP contribution in [-0.2, 0) is 11.3 Å². The standard InChI is InChI=1S/C13H20N2O2/c1-9-5-10(2)15-13(12(9)6-14)17-8-11-3-4-16-7-11/h5,11H,3-4,6-8,14H2,1-2H3. The first kappa shape index (κ1) is 12.3. The molecule has 1 saturated heterocycles. The van der Waals surface area contributed by atoms with Crippen molar-refractivity contribution < 1.29 is 9.47 Å². The molecule has 2 N–H and O–H groups in total. The molecule has 1 aliphatic heterocycles. The van der Waals surface area contributed by atoms with Crippen molar-refractivity contribution in [2.45, 2.75) is 26.8 Å². The van der Waals surface area contributed by atoms with Crippen LogP contribution in [-0.4, -0.2) is 24.8 Å². The highest BCUT2D eigenvalue weighted by Gasteiger charge is 2.17. The Morgan fingerprint density at radius 3 is 3.00 bits per heavy atom. The van der Waals surface area contributed by atoms with Crippen LogP contribution in [0.2, 0.25) is 0 Å². The second-order valence-electron chi connectivity index (χ2n) is 4.61. The Hall–Kier alpha value is -1.13. The van der Waals surface area contributed by atoms with Crippen LogP contribution in [0.4, 0.5) is 0 Å². The maximum atomic E-state index is 5.80. The maximum absolute atomic E-state index is 5.80. The Labute approximate surface area is 102 Å². The SMILES string of the molecule is Cc1cc(C)c(CN)c(OCC2CCOC2)n1. The summed E-state index contributed by atoms with van der Waals surface area (Å²) in [4.78, 5) is 4.42. The lowest BCUT2D eigenvalue weighted by Crippen LogP contribution is -2.15. The minimum Gasteiger partial charge on any atom is -0.477 e. The maximum Gasteiger partial charge on any atom is 0.218 e. The van der Waals surface area contributed by atoms with Crippen molar-refractivity contribution in [3.8, 4) is 5.88 Å². The molecule has 0 amide bonds. The van der Waals surface area contributed by atoms with E-state index in [1.165, 1.54) is 0 Å². The summed E-state index contributed by atoms with van der Waals surface area (Å²) in [6, 6.07) is 2.04. The summed E-state index contributed by atoms with van der Waals surface area (Å²) in [7, 11) is 0. The van der Waals surface area contributed by atoms with Crippen LogP contribution in [0.3, 0.4) is 0 Å². The predicted molar refractivity (Wildman–Crippen MR) is 66.0 cm³/mol. The van der Waals surface area contributed by atoms with Crippen LogP contribution >= 0.6 is 0 Å². The fourth-order valence-corrected chi connectivity index (χ4v) is 2.11. The van der Waals surface area contributed by atoms with Crippen molar-refractivity contribution in [3.05, 3.63) is 22.9 Å². The van der Waals surface area contributed by atoms with E-state index in [-0.39, 0.29) is 0 Å². The first-order valence-electron chi connectivity index (χ1n) is 6.08. The van der Waals surface area contributed by atoms with Gasteiger partial charge < -0.3 is 15.2 Å².